The number of aryl methyl sites for hydroxylation is 2. The van der Waals surface area contributed by atoms with Crippen LogP contribution in [-0.4, -0.2) is 34.9 Å². The Kier molecular flexibility index (Phi) is 3.85. The van der Waals surface area contributed by atoms with Crippen LogP contribution in [0, 0.1) is 6.92 Å². The Bertz CT molecular complexity index is 1050. The van der Waals surface area contributed by atoms with Crippen molar-refractivity contribution < 1.29 is 8.60 Å². The van der Waals surface area contributed by atoms with Gasteiger partial charge in [0, 0.05) is 18.6 Å². The molecule has 7 nitrogen and oxygen atoms in total. The highest BCUT2D eigenvalue weighted by Crippen LogP contribution is 2.36. The predicted molar refractivity (Wildman–Crippen MR) is 94.2 cm³/mol. The first-order valence-electron chi connectivity index (χ1n) is 7.72. The molecule has 0 amide bonds. The Balaban J connectivity index is 1.82. The maximum absolute atomic E-state index is 13.0. The normalized spacial score (nSPS) is 17.1. The van der Waals surface area contributed by atoms with Crippen LogP contribution in [0.4, 0.5) is 4.39 Å². The molecule has 1 atom stereocenters. The van der Waals surface area contributed by atoms with Crippen molar-refractivity contribution in [1.29, 1.82) is 0 Å². The van der Waals surface area contributed by atoms with Crippen molar-refractivity contribution in [1.82, 2.24) is 23.2 Å². The van der Waals surface area contributed by atoms with Gasteiger partial charge in [-0.05, 0) is 38.0 Å². The van der Waals surface area contributed by atoms with E-state index in [-0.39, 0.29) is 5.69 Å². The van der Waals surface area contributed by atoms with Crippen LogP contribution >= 0.6 is 11.5 Å². The van der Waals surface area contributed by atoms with Gasteiger partial charge in [0.15, 0.2) is 0 Å². The smallest absolute Gasteiger partial charge is 0.295 e. The van der Waals surface area contributed by atoms with Gasteiger partial charge in [-0.3, -0.25) is 4.57 Å². The zero-order valence-electron chi connectivity index (χ0n) is 13.7. The van der Waals surface area contributed by atoms with E-state index >= 15 is 0 Å². The largest absolute Gasteiger partial charge is 0.335 e. The minimum absolute atomic E-state index is 0.246. The molecule has 0 saturated heterocycles. The van der Waals surface area contributed by atoms with E-state index < -0.39 is 23.2 Å². The second kappa shape index (κ2) is 5.82. The quantitative estimate of drug-likeness (QED) is 0.728. The Morgan fingerprint density at radius 2 is 2.16 bits per heavy atom. The van der Waals surface area contributed by atoms with Crippen molar-refractivity contribution in [3.8, 4) is 5.13 Å². The summed E-state index contributed by atoms with van der Waals surface area (Å²) in [6.45, 7) is 1.22. The van der Waals surface area contributed by atoms with E-state index in [0.717, 1.165) is 11.5 Å². The SMILES string of the molecule is Cc1nsc(-n2c(=O)n(C)c3ccc(S(=O)NC4(CF)CC4)cc32)n1. The molecule has 0 aliphatic heterocycles. The molecule has 1 unspecified atom stereocenters. The number of benzene rings is 1. The van der Waals surface area contributed by atoms with Crippen LogP contribution in [-0.2, 0) is 18.0 Å². The number of alkyl halides is 1. The van der Waals surface area contributed by atoms with Crippen LogP contribution in [0.1, 0.15) is 18.7 Å². The fourth-order valence-electron chi connectivity index (χ4n) is 2.67. The number of imidazole rings is 1. The summed E-state index contributed by atoms with van der Waals surface area (Å²) in [4.78, 5) is 17.4. The number of halogens is 1. The lowest BCUT2D eigenvalue weighted by Gasteiger charge is -2.12. The number of hydrogen-bond donors (Lipinski definition) is 1. The second-order valence-corrected chi connectivity index (χ2v) is 8.18. The van der Waals surface area contributed by atoms with Crippen LogP contribution in [0.5, 0.6) is 0 Å². The van der Waals surface area contributed by atoms with Gasteiger partial charge in [0.1, 0.15) is 23.5 Å². The number of rotatable bonds is 5. The van der Waals surface area contributed by atoms with Gasteiger partial charge >= 0.3 is 5.69 Å². The van der Waals surface area contributed by atoms with Gasteiger partial charge in [0.25, 0.3) is 0 Å². The molecule has 2 aromatic heterocycles. The number of hydrogen-bond acceptors (Lipinski definition) is 5. The Labute approximate surface area is 149 Å². The molecular formula is C15H16FN5O2S2. The maximum atomic E-state index is 13.0. The van der Waals surface area contributed by atoms with Gasteiger partial charge in [-0.2, -0.15) is 4.37 Å². The number of fused-ring (bicyclic) bond motifs is 1. The van der Waals surface area contributed by atoms with Gasteiger partial charge in [0.2, 0.25) is 5.13 Å². The summed E-state index contributed by atoms with van der Waals surface area (Å²) in [5.41, 5.74) is 0.392. The highest BCUT2D eigenvalue weighted by Gasteiger charge is 2.44. The molecule has 1 N–H and O–H groups in total. The molecule has 3 aromatic rings. The van der Waals surface area contributed by atoms with E-state index in [2.05, 4.69) is 14.1 Å². The summed E-state index contributed by atoms with van der Waals surface area (Å²) in [6, 6.07) is 5.12. The van der Waals surface area contributed by atoms with E-state index in [9.17, 15) is 13.4 Å². The summed E-state index contributed by atoms with van der Waals surface area (Å²) in [5.74, 6) is 0.587. The lowest BCUT2D eigenvalue weighted by molar-refractivity contribution is 0.398. The van der Waals surface area contributed by atoms with Crippen molar-refractivity contribution in [3.05, 3.63) is 34.5 Å². The van der Waals surface area contributed by atoms with Crippen LogP contribution < -0.4 is 10.4 Å². The molecule has 0 radical (unpaired) electrons. The number of aromatic nitrogens is 4. The Morgan fingerprint density at radius 1 is 1.40 bits per heavy atom. The monoisotopic (exact) mass is 381 g/mol. The zero-order valence-corrected chi connectivity index (χ0v) is 15.3. The number of nitrogens with zero attached hydrogens (tertiary/aromatic N) is 4. The first-order chi connectivity index (χ1) is 11.9. The van der Waals surface area contributed by atoms with Gasteiger partial charge in [0.05, 0.1) is 21.5 Å². The third kappa shape index (κ3) is 2.74. The minimum atomic E-state index is -1.55. The maximum Gasteiger partial charge on any atom is 0.335 e. The van der Waals surface area contributed by atoms with Crippen molar-refractivity contribution in [2.75, 3.05) is 6.67 Å². The van der Waals surface area contributed by atoms with E-state index in [0.29, 0.717) is 39.7 Å². The average Bonchev–Trinajstić information content (AvgIpc) is 3.18. The van der Waals surface area contributed by atoms with Crippen LogP contribution in [0.3, 0.4) is 0 Å². The van der Waals surface area contributed by atoms with Gasteiger partial charge < -0.3 is 0 Å². The molecule has 1 aromatic carbocycles. The average molecular weight is 381 g/mol. The van der Waals surface area contributed by atoms with Crippen molar-refractivity contribution in [3.63, 3.8) is 0 Å². The highest BCUT2D eigenvalue weighted by atomic mass is 32.2. The third-order valence-electron chi connectivity index (χ3n) is 4.37. The Morgan fingerprint density at radius 3 is 2.76 bits per heavy atom. The molecule has 4 rings (SSSR count). The molecule has 0 spiro atoms. The highest BCUT2D eigenvalue weighted by molar-refractivity contribution is 7.83. The summed E-state index contributed by atoms with van der Waals surface area (Å²) < 4.78 is 35.6. The van der Waals surface area contributed by atoms with Crippen LogP contribution in [0.25, 0.3) is 16.2 Å². The molecule has 2 heterocycles. The summed E-state index contributed by atoms with van der Waals surface area (Å²) in [5, 5.41) is 0.464. The zero-order chi connectivity index (χ0) is 17.8. The van der Waals surface area contributed by atoms with Gasteiger partial charge in [-0.1, -0.05) is 0 Å². The molecule has 1 fully saturated rings. The van der Waals surface area contributed by atoms with Crippen LogP contribution in [0.2, 0.25) is 0 Å². The van der Waals surface area contributed by atoms with E-state index in [1.54, 1.807) is 32.2 Å². The summed E-state index contributed by atoms with van der Waals surface area (Å²) in [7, 11) is 0.123. The van der Waals surface area contributed by atoms with Crippen molar-refractivity contribution in [2.24, 2.45) is 7.05 Å². The molecule has 1 saturated carbocycles. The van der Waals surface area contributed by atoms with Gasteiger partial charge in [-0.15, -0.1) is 0 Å². The van der Waals surface area contributed by atoms with E-state index in [1.807, 2.05) is 0 Å². The van der Waals surface area contributed by atoms with E-state index in [1.165, 1.54) is 9.13 Å². The first-order valence-corrected chi connectivity index (χ1v) is 9.64. The molecule has 25 heavy (non-hydrogen) atoms. The summed E-state index contributed by atoms with van der Waals surface area (Å²) >= 11 is 1.13. The topological polar surface area (TPSA) is 81.8 Å². The predicted octanol–water partition coefficient (Wildman–Crippen LogP) is 1.60. The Hall–Kier alpha value is -1.91. The lowest BCUT2D eigenvalue weighted by Crippen LogP contribution is -2.34. The van der Waals surface area contributed by atoms with Crippen molar-refractivity contribution >= 4 is 33.6 Å². The fourth-order valence-corrected chi connectivity index (χ4v) is 4.53. The fraction of sp³-hybridized carbons (Fsp3) is 0.400. The molecule has 1 aliphatic carbocycles. The number of nitrogens with one attached hydrogen (secondary N) is 1. The van der Waals surface area contributed by atoms with E-state index in [4.69, 9.17) is 0 Å². The van der Waals surface area contributed by atoms with Crippen LogP contribution in [0.15, 0.2) is 27.9 Å². The standard InChI is InChI=1S/C15H16FN5O2S2/c1-9-17-13(24-18-9)21-12-7-10(3-4-11(12)20(2)14(21)22)25(23)19-15(8-16)5-6-15/h3-4,7,19H,5-6,8H2,1-2H3. The molecule has 0 bridgehead atoms. The minimum Gasteiger partial charge on any atom is -0.295 e. The molecule has 1 aliphatic rings. The first kappa shape index (κ1) is 16.6. The molecule has 10 heteroatoms. The lowest BCUT2D eigenvalue weighted by atomic mass is 10.3. The van der Waals surface area contributed by atoms with Crippen molar-refractivity contribution in [2.45, 2.75) is 30.2 Å². The molecule has 132 valence electrons. The second-order valence-electron chi connectivity index (χ2n) is 6.24. The summed E-state index contributed by atoms with van der Waals surface area (Å²) in [6.07, 6.45) is 1.36. The molecular weight excluding hydrogens is 365 g/mol. The van der Waals surface area contributed by atoms with Gasteiger partial charge in [-0.25, -0.2) is 27.7 Å². The third-order valence-corrected chi connectivity index (χ3v) is 6.46.